The quantitative estimate of drug-likeness (QED) is 0.485. The van der Waals surface area contributed by atoms with Crippen LogP contribution in [0.25, 0.3) is 10.9 Å². The van der Waals surface area contributed by atoms with Crippen LogP contribution in [0.5, 0.6) is 0 Å². The van der Waals surface area contributed by atoms with Crippen molar-refractivity contribution in [1.29, 1.82) is 0 Å². The van der Waals surface area contributed by atoms with E-state index in [9.17, 15) is 9.11 Å². The maximum Gasteiger partial charge on any atom is 0.131 e. The summed E-state index contributed by atoms with van der Waals surface area (Å²) in [5.74, 6) is 1.13. The van der Waals surface area contributed by atoms with Gasteiger partial charge in [-0.1, -0.05) is 42.0 Å². The molecule has 2 aromatic carbocycles. The highest BCUT2D eigenvalue weighted by atomic mass is 32.3. The van der Waals surface area contributed by atoms with Crippen molar-refractivity contribution in [1.82, 2.24) is 4.98 Å². The molecular weight excluding hydrogens is 382 g/mol. The molecule has 0 radical (unpaired) electrons. The monoisotopic (exact) mass is 409 g/mol. The number of fused-ring (bicyclic) bond motifs is 2. The highest BCUT2D eigenvalue weighted by Gasteiger charge is 2.26. The average Bonchev–Trinajstić information content (AvgIpc) is 2.82. The fraction of sp³-hybridized carbons (Fsp3) is 0.261. The van der Waals surface area contributed by atoms with E-state index in [0.29, 0.717) is 30.3 Å². The molecule has 1 aromatic heterocycles. The largest absolute Gasteiger partial charge is 0.381 e. The van der Waals surface area contributed by atoms with Gasteiger partial charge in [0, 0.05) is 36.8 Å². The first kappa shape index (κ1) is 19.8. The molecule has 29 heavy (non-hydrogen) atoms. The zero-order valence-electron chi connectivity index (χ0n) is 16.9. The molecule has 0 atom stereocenters. The summed E-state index contributed by atoms with van der Waals surface area (Å²) in [4.78, 5) is 7.68. The van der Waals surface area contributed by atoms with E-state index in [-0.39, 0.29) is 0 Å². The third-order valence-corrected chi connectivity index (χ3v) is 7.04. The number of anilines is 2. The van der Waals surface area contributed by atoms with Gasteiger partial charge in [-0.3, -0.25) is 9.11 Å². The normalized spacial score (nSPS) is 16.8. The Morgan fingerprint density at radius 2 is 2.00 bits per heavy atom. The van der Waals surface area contributed by atoms with Gasteiger partial charge in [0.05, 0.1) is 16.2 Å². The lowest BCUT2D eigenvalue weighted by Gasteiger charge is -2.32. The number of rotatable bonds is 4. The summed E-state index contributed by atoms with van der Waals surface area (Å²) < 4.78 is 21.3. The Kier molecular flexibility index (Phi) is 5.25. The van der Waals surface area contributed by atoms with Crippen LogP contribution >= 0.6 is 10.6 Å². The van der Waals surface area contributed by atoms with Crippen LogP contribution in [0, 0.1) is 6.92 Å². The fourth-order valence-electron chi connectivity index (χ4n) is 3.66. The summed E-state index contributed by atoms with van der Waals surface area (Å²) in [6.45, 7) is 9.88. The first-order chi connectivity index (χ1) is 13.8. The molecule has 2 heterocycles. The molecule has 152 valence electrons. The second-order valence-corrected chi connectivity index (χ2v) is 9.94. The molecule has 0 unspecified atom stereocenters. The number of nitrogens with zero attached hydrogens (tertiary/aromatic N) is 2. The predicted octanol–water partition coefficient (Wildman–Crippen LogP) is 5.66. The number of aryl methyl sites for hydroxylation is 1. The second-order valence-electron chi connectivity index (χ2n) is 7.76. The SMILES string of the molecule is C=C(C)CNc1cc(N2CCS(O)(O)c3ccccc3C2)nc2ccc(C)cc12. The molecule has 4 rings (SSSR count). The maximum atomic E-state index is 10.6. The molecule has 1 aliphatic rings. The summed E-state index contributed by atoms with van der Waals surface area (Å²) >= 11 is 0. The van der Waals surface area contributed by atoms with Crippen molar-refractivity contribution < 1.29 is 9.11 Å². The van der Waals surface area contributed by atoms with Gasteiger partial charge in [0.1, 0.15) is 5.82 Å². The van der Waals surface area contributed by atoms with E-state index in [1.54, 1.807) is 0 Å². The molecule has 0 aliphatic carbocycles. The van der Waals surface area contributed by atoms with E-state index in [2.05, 4.69) is 41.9 Å². The zero-order valence-corrected chi connectivity index (χ0v) is 17.7. The van der Waals surface area contributed by atoms with Crippen LogP contribution in [-0.2, 0) is 6.54 Å². The van der Waals surface area contributed by atoms with Crippen molar-refractivity contribution in [3.05, 3.63) is 71.8 Å². The third-order valence-electron chi connectivity index (χ3n) is 5.19. The van der Waals surface area contributed by atoms with E-state index >= 15 is 0 Å². The molecule has 5 nitrogen and oxygen atoms in total. The number of nitrogens with one attached hydrogen (secondary N) is 1. The predicted molar refractivity (Wildman–Crippen MR) is 123 cm³/mol. The van der Waals surface area contributed by atoms with Gasteiger partial charge in [-0.2, -0.15) is 10.6 Å². The number of benzene rings is 2. The summed E-state index contributed by atoms with van der Waals surface area (Å²) in [6.07, 6.45) is 0. The average molecular weight is 410 g/mol. The van der Waals surface area contributed by atoms with Gasteiger partial charge in [-0.05, 0) is 37.6 Å². The number of hydrogen-bond acceptors (Lipinski definition) is 5. The van der Waals surface area contributed by atoms with Crippen LogP contribution in [0.2, 0.25) is 0 Å². The fourth-order valence-corrected chi connectivity index (χ4v) is 5.20. The van der Waals surface area contributed by atoms with Gasteiger partial charge in [-0.15, -0.1) is 0 Å². The smallest absolute Gasteiger partial charge is 0.131 e. The molecule has 3 N–H and O–H groups in total. The topological polar surface area (TPSA) is 68.6 Å². The van der Waals surface area contributed by atoms with Gasteiger partial charge in [-0.25, -0.2) is 4.98 Å². The van der Waals surface area contributed by atoms with E-state index in [1.165, 1.54) is 5.56 Å². The van der Waals surface area contributed by atoms with Crippen LogP contribution in [-0.4, -0.2) is 32.9 Å². The Morgan fingerprint density at radius 3 is 2.79 bits per heavy atom. The molecule has 1 aliphatic heterocycles. The lowest BCUT2D eigenvalue weighted by molar-refractivity contribution is 0.488. The maximum absolute atomic E-state index is 10.6. The van der Waals surface area contributed by atoms with Crippen molar-refractivity contribution in [2.75, 3.05) is 29.1 Å². The van der Waals surface area contributed by atoms with Crippen molar-refractivity contribution in [2.45, 2.75) is 25.3 Å². The van der Waals surface area contributed by atoms with Crippen LogP contribution in [0.15, 0.2) is 65.6 Å². The Bertz CT molecular complexity index is 1080. The van der Waals surface area contributed by atoms with Crippen molar-refractivity contribution in [2.24, 2.45) is 0 Å². The highest BCUT2D eigenvalue weighted by Crippen LogP contribution is 2.51. The van der Waals surface area contributed by atoms with Gasteiger partial charge >= 0.3 is 0 Å². The molecule has 0 spiro atoms. The second kappa shape index (κ2) is 7.71. The van der Waals surface area contributed by atoms with Crippen LogP contribution in [0.1, 0.15) is 18.1 Å². The Morgan fingerprint density at radius 1 is 1.21 bits per heavy atom. The van der Waals surface area contributed by atoms with Crippen molar-refractivity contribution in [3.8, 4) is 0 Å². The molecule has 0 saturated heterocycles. The third kappa shape index (κ3) is 4.10. The number of pyridine rings is 1. The van der Waals surface area contributed by atoms with Crippen molar-refractivity contribution >= 4 is 33.0 Å². The van der Waals surface area contributed by atoms with Gasteiger partial charge < -0.3 is 10.2 Å². The minimum atomic E-state index is -2.80. The summed E-state index contributed by atoms with van der Waals surface area (Å²) in [7, 11) is -2.80. The standard InChI is InChI=1S/C23H27N3O2S/c1-16(2)14-24-21-13-23(25-20-9-8-17(3)12-19(20)21)26-10-11-29(27,28)22-7-5-4-6-18(22)15-26/h4-9,12-13,27-28H,1,10-11,14-15H2,2-3H3,(H,24,25). The highest BCUT2D eigenvalue weighted by molar-refractivity contribution is 8.24. The number of aromatic nitrogens is 1. The minimum absolute atomic E-state index is 0.298. The summed E-state index contributed by atoms with van der Waals surface area (Å²) in [6, 6.07) is 15.9. The van der Waals surface area contributed by atoms with Crippen LogP contribution < -0.4 is 10.2 Å². The first-order valence-electron chi connectivity index (χ1n) is 9.72. The van der Waals surface area contributed by atoms with E-state index in [0.717, 1.165) is 33.5 Å². The van der Waals surface area contributed by atoms with Crippen LogP contribution in [0.4, 0.5) is 11.5 Å². The Hall–Kier alpha value is -2.54. The minimum Gasteiger partial charge on any atom is -0.381 e. The summed E-state index contributed by atoms with van der Waals surface area (Å²) in [5.41, 5.74) is 5.11. The lowest BCUT2D eigenvalue weighted by atomic mass is 10.1. The van der Waals surface area contributed by atoms with Gasteiger partial charge in [0.25, 0.3) is 0 Å². The summed E-state index contributed by atoms with van der Waals surface area (Å²) in [5, 5.41) is 4.56. The van der Waals surface area contributed by atoms with Gasteiger partial charge in [0.15, 0.2) is 0 Å². The molecule has 0 fully saturated rings. The van der Waals surface area contributed by atoms with Crippen molar-refractivity contribution in [3.63, 3.8) is 0 Å². The molecule has 0 saturated carbocycles. The first-order valence-corrected chi connectivity index (χ1v) is 11.4. The molecule has 3 aromatic rings. The Balaban J connectivity index is 1.77. The Labute approximate surface area is 173 Å². The van der Waals surface area contributed by atoms with Crippen LogP contribution in [0.3, 0.4) is 0 Å². The molecular formula is C23H27N3O2S. The zero-order chi connectivity index (χ0) is 20.6. The molecule has 0 bridgehead atoms. The molecule has 6 heteroatoms. The van der Waals surface area contributed by atoms with E-state index in [1.807, 2.05) is 37.3 Å². The van der Waals surface area contributed by atoms with E-state index < -0.39 is 10.6 Å². The lowest BCUT2D eigenvalue weighted by Crippen LogP contribution is -2.26. The van der Waals surface area contributed by atoms with E-state index in [4.69, 9.17) is 4.98 Å². The number of hydrogen-bond donors (Lipinski definition) is 3. The van der Waals surface area contributed by atoms with Gasteiger partial charge in [0.2, 0.25) is 0 Å². The molecule has 0 amide bonds.